The maximum Gasteiger partial charge on any atom is 0.346 e. The van der Waals surface area contributed by atoms with Crippen molar-refractivity contribution in [2.24, 2.45) is 0 Å². The Balaban J connectivity index is 2.18. The van der Waals surface area contributed by atoms with Crippen LogP contribution in [0.2, 0.25) is 0 Å². The lowest BCUT2D eigenvalue weighted by molar-refractivity contribution is 0.0701. The molecule has 0 radical (unpaired) electrons. The fraction of sp³-hybridized carbons (Fsp3) is 0.188. The molecule has 0 bridgehead atoms. The first-order valence-corrected chi connectivity index (χ1v) is 7.74. The molecule has 118 valence electrons. The summed E-state index contributed by atoms with van der Waals surface area (Å²) in [6.45, 7) is 3.55. The molecule has 7 heteroatoms. The predicted molar refractivity (Wildman–Crippen MR) is 90.1 cm³/mol. The standard InChI is InChI=1S/C16H15N3O3S/c1-8-12-14(19-10-6-4-5-7-11(10)22-3)17-9(2)18-15(12)23-13(8)16(20)21/h4-7H,1-3H3,(H,20,21)(H,17,18,19). The summed E-state index contributed by atoms with van der Waals surface area (Å²) in [5, 5.41) is 13.3. The number of anilines is 2. The van der Waals surface area contributed by atoms with Gasteiger partial charge in [0.05, 0.1) is 18.2 Å². The number of aryl methyl sites for hydroxylation is 2. The van der Waals surface area contributed by atoms with Gasteiger partial charge in [0, 0.05) is 0 Å². The molecule has 23 heavy (non-hydrogen) atoms. The number of carboxylic acids is 1. The minimum atomic E-state index is -0.952. The van der Waals surface area contributed by atoms with Crippen molar-refractivity contribution >= 4 is 39.0 Å². The molecular formula is C16H15N3O3S. The van der Waals surface area contributed by atoms with Gasteiger partial charge >= 0.3 is 5.97 Å². The SMILES string of the molecule is COc1ccccc1Nc1nc(C)nc2sc(C(=O)O)c(C)c12. The summed E-state index contributed by atoms with van der Waals surface area (Å²) in [6.07, 6.45) is 0. The van der Waals surface area contributed by atoms with Crippen molar-refractivity contribution < 1.29 is 14.6 Å². The van der Waals surface area contributed by atoms with E-state index in [0.717, 1.165) is 22.4 Å². The van der Waals surface area contributed by atoms with Crippen LogP contribution in [0.15, 0.2) is 24.3 Å². The molecule has 0 saturated heterocycles. The van der Waals surface area contributed by atoms with Crippen molar-refractivity contribution in [1.82, 2.24) is 9.97 Å². The van der Waals surface area contributed by atoms with Crippen LogP contribution in [0.25, 0.3) is 10.2 Å². The van der Waals surface area contributed by atoms with Crippen LogP contribution in [0, 0.1) is 13.8 Å². The number of fused-ring (bicyclic) bond motifs is 1. The van der Waals surface area contributed by atoms with Crippen molar-refractivity contribution in [2.45, 2.75) is 13.8 Å². The molecular weight excluding hydrogens is 314 g/mol. The molecule has 0 fully saturated rings. The van der Waals surface area contributed by atoms with E-state index in [1.54, 1.807) is 21.0 Å². The number of aromatic nitrogens is 2. The summed E-state index contributed by atoms with van der Waals surface area (Å²) in [4.78, 5) is 21.1. The predicted octanol–water partition coefficient (Wildman–Crippen LogP) is 3.76. The van der Waals surface area contributed by atoms with Gasteiger partial charge in [0.1, 0.15) is 27.1 Å². The quantitative estimate of drug-likeness (QED) is 0.758. The van der Waals surface area contributed by atoms with E-state index in [2.05, 4.69) is 15.3 Å². The average Bonchev–Trinajstić information content (AvgIpc) is 2.85. The second kappa shape index (κ2) is 5.85. The van der Waals surface area contributed by atoms with Crippen molar-refractivity contribution in [1.29, 1.82) is 0 Å². The van der Waals surface area contributed by atoms with Crippen LogP contribution in [0.3, 0.4) is 0 Å². The molecule has 0 unspecified atom stereocenters. The van der Waals surface area contributed by atoms with Crippen LogP contribution < -0.4 is 10.1 Å². The summed E-state index contributed by atoms with van der Waals surface area (Å²) in [7, 11) is 1.60. The number of para-hydroxylation sites is 2. The fourth-order valence-corrected chi connectivity index (χ4v) is 3.48. The van der Waals surface area contributed by atoms with E-state index < -0.39 is 5.97 Å². The minimum absolute atomic E-state index is 0.281. The largest absolute Gasteiger partial charge is 0.495 e. The number of benzene rings is 1. The van der Waals surface area contributed by atoms with Gasteiger partial charge in [-0.25, -0.2) is 14.8 Å². The van der Waals surface area contributed by atoms with Gasteiger partial charge in [-0.1, -0.05) is 12.1 Å². The molecule has 0 aliphatic carbocycles. The van der Waals surface area contributed by atoms with E-state index in [4.69, 9.17) is 4.74 Å². The highest BCUT2D eigenvalue weighted by Gasteiger charge is 2.20. The van der Waals surface area contributed by atoms with Gasteiger partial charge in [-0.2, -0.15) is 0 Å². The molecule has 0 spiro atoms. The van der Waals surface area contributed by atoms with Gasteiger partial charge in [-0.3, -0.25) is 0 Å². The zero-order valence-electron chi connectivity index (χ0n) is 12.9. The molecule has 3 rings (SSSR count). The van der Waals surface area contributed by atoms with Crippen LogP contribution in [0.1, 0.15) is 21.1 Å². The third kappa shape index (κ3) is 2.70. The Morgan fingerprint density at radius 1 is 1.26 bits per heavy atom. The second-order valence-electron chi connectivity index (χ2n) is 4.99. The van der Waals surface area contributed by atoms with Crippen LogP contribution in [0.4, 0.5) is 11.5 Å². The van der Waals surface area contributed by atoms with Gasteiger partial charge in [0.15, 0.2) is 0 Å². The van der Waals surface area contributed by atoms with Crippen molar-refractivity contribution in [3.8, 4) is 5.75 Å². The summed E-state index contributed by atoms with van der Waals surface area (Å²) in [5.74, 6) is 0.890. The van der Waals surface area contributed by atoms with E-state index in [1.807, 2.05) is 24.3 Å². The lowest BCUT2D eigenvalue weighted by Gasteiger charge is -2.12. The summed E-state index contributed by atoms with van der Waals surface area (Å²) >= 11 is 1.16. The first kappa shape index (κ1) is 15.2. The van der Waals surface area contributed by atoms with Crippen molar-refractivity contribution in [2.75, 3.05) is 12.4 Å². The Kier molecular flexibility index (Phi) is 3.87. The summed E-state index contributed by atoms with van der Waals surface area (Å²) in [6, 6.07) is 7.49. The van der Waals surface area contributed by atoms with Crippen LogP contribution in [-0.2, 0) is 0 Å². The van der Waals surface area contributed by atoms with Crippen molar-refractivity contribution in [3.05, 3.63) is 40.5 Å². The number of hydrogen-bond acceptors (Lipinski definition) is 6. The number of nitrogens with one attached hydrogen (secondary N) is 1. The Morgan fingerprint density at radius 3 is 2.70 bits per heavy atom. The molecule has 1 aromatic carbocycles. The lowest BCUT2D eigenvalue weighted by atomic mass is 10.2. The third-order valence-electron chi connectivity index (χ3n) is 3.46. The second-order valence-corrected chi connectivity index (χ2v) is 5.99. The minimum Gasteiger partial charge on any atom is -0.495 e. The summed E-state index contributed by atoms with van der Waals surface area (Å²) < 4.78 is 5.34. The average molecular weight is 329 g/mol. The van der Waals surface area contributed by atoms with E-state index >= 15 is 0 Å². The smallest absolute Gasteiger partial charge is 0.346 e. The molecule has 0 saturated carbocycles. The van der Waals surface area contributed by atoms with E-state index in [-0.39, 0.29) is 4.88 Å². The number of rotatable bonds is 4. The first-order valence-electron chi connectivity index (χ1n) is 6.92. The topological polar surface area (TPSA) is 84.3 Å². The first-order chi connectivity index (χ1) is 11.0. The molecule has 2 heterocycles. The zero-order chi connectivity index (χ0) is 16.6. The van der Waals surface area contributed by atoms with E-state index in [0.29, 0.717) is 27.8 Å². The molecule has 0 aliphatic rings. The Bertz CT molecular complexity index is 905. The van der Waals surface area contributed by atoms with Gasteiger partial charge in [0.2, 0.25) is 0 Å². The maximum absolute atomic E-state index is 11.4. The Labute approximate surface area is 136 Å². The summed E-state index contributed by atoms with van der Waals surface area (Å²) in [5.41, 5.74) is 1.42. The van der Waals surface area contributed by atoms with E-state index in [1.165, 1.54) is 0 Å². The zero-order valence-corrected chi connectivity index (χ0v) is 13.7. The Hall–Kier alpha value is -2.67. The fourth-order valence-electron chi connectivity index (χ4n) is 2.42. The van der Waals surface area contributed by atoms with Crippen LogP contribution in [-0.4, -0.2) is 28.2 Å². The highest BCUT2D eigenvalue weighted by molar-refractivity contribution is 7.20. The number of nitrogens with zero attached hydrogens (tertiary/aromatic N) is 2. The number of hydrogen-bond donors (Lipinski definition) is 2. The van der Waals surface area contributed by atoms with Crippen molar-refractivity contribution in [3.63, 3.8) is 0 Å². The van der Waals surface area contributed by atoms with E-state index in [9.17, 15) is 9.90 Å². The number of carbonyl (C=O) groups is 1. The highest BCUT2D eigenvalue weighted by Crippen LogP contribution is 2.36. The molecule has 2 N–H and O–H groups in total. The Morgan fingerprint density at radius 2 is 2.00 bits per heavy atom. The maximum atomic E-state index is 11.4. The number of thiophene rings is 1. The number of carboxylic acid groups (broad SMARTS) is 1. The lowest BCUT2D eigenvalue weighted by Crippen LogP contribution is -2.00. The number of methoxy groups -OCH3 is 1. The highest BCUT2D eigenvalue weighted by atomic mass is 32.1. The number of ether oxygens (including phenoxy) is 1. The molecule has 0 atom stereocenters. The van der Waals surface area contributed by atoms with Crippen LogP contribution in [0.5, 0.6) is 5.75 Å². The van der Waals surface area contributed by atoms with Gasteiger partial charge in [-0.05, 0) is 31.5 Å². The monoisotopic (exact) mass is 329 g/mol. The van der Waals surface area contributed by atoms with Gasteiger partial charge in [-0.15, -0.1) is 11.3 Å². The molecule has 3 aromatic rings. The normalized spacial score (nSPS) is 10.7. The third-order valence-corrected chi connectivity index (χ3v) is 4.63. The van der Waals surface area contributed by atoms with Gasteiger partial charge in [0.25, 0.3) is 0 Å². The molecule has 0 aliphatic heterocycles. The molecule has 2 aromatic heterocycles. The van der Waals surface area contributed by atoms with Gasteiger partial charge < -0.3 is 15.2 Å². The molecule has 0 amide bonds. The number of aromatic carboxylic acids is 1. The van der Waals surface area contributed by atoms with Crippen LogP contribution >= 0.6 is 11.3 Å². The molecule has 6 nitrogen and oxygen atoms in total.